The average Bonchev–Trinajstić information content (AvgIpc) is 2.32. The van der Waals surface area contributed by atoms with Gasteiger partial charge in [-0.05, 0) is 43.9 Å². The molecule has 2 N–H and O–H groups in total. The van der Waals surface area contributed by atoms with Gasteiger partial charge in [0.15, 0.2) is 0 Å². The van der Waals surface area contributed by atoms with E-state index in [-0.39, 0.29) is 17.5 Å². The van der Waals surface area contributed by atoms with E-state index in [0.717, 1.165) is 19.0 Å². The summed E-state index contributed by atoms with van der Waals surface area (Å²) >= 11 is 0. The number of piperidine rings is 1. The van der Waals surface area contributed by atoms with Gasteiger partial charge in [0.05, 0.1) is 5.56 Å². The Hall–Kier alpha value is -1.22. The first-order valence-electron chi connectivity index (χ1n) is 6.75. The van der Waals surface area contributed by atoms with Gasteiger partial charge >= 0.3 is 0 Å². The van der Waals surface area contributed by atoms with Crippen molar-refractivity contribution in [2.45, 2.75) is 33.2 Å². The van der Waals surface area contributed by atoms with E-state index < -0.39 is 0 Å². The summed E-state index contributed by atoms with van der Waals surface area (Å²) in [6, 6.07) is 5.01. The molecule has 0 spiro atoms. The van der Waals surface area contributed by atoms with Gasteiger partial charge in [-0.1, -0.05) is 19.9 Å². The molecule has 0 aliphatic carbocycles. The number of likely N-dealkylation sites (tertiary alicyclic amines) is 1. The molecule has 1 aromatic rings. The van der Waals surface area contributed by atoms with Crippen LogP contribution in [0.5, 0.6) is 11.5 Å². The Kier molecular flexibility index (Phi) is 3.81. The monoisotopic (exact) mass is 249 g/mol. The Morgan fingerprint density at radius 2 is 1.78 bits per heavy atom. The predicted molar refractivity (Wildman–Crippen MR) is 72.7 cm³/mol. The molecule has 1 aromatic carbocycles. The normalized spacial score (nSPS) is 27.1. The van der Waals surface area contributed by atoms with Crippen molar-refractivity contribution in [1.82, 2.24) is 4.90 Å². The van der Waals surface area contributed by atoms with Crippen molar-refractivity contribution < 1.29 is 10.2 Å². The van der Waals surface area contributed by atoms with Gasteiger partial charge in [-0.2, -0.15) is 0 Å². The molecule has 1 fully saturated rings. The van der Waals surface area contributed by atoms with E-state index >= 15 is 0 Å². The van der Waals surface area contributed by atoms with Crippen LogP contribution in [-0.2, 0) is 0 Å². The number of phenolic OH excluding ortho intramolecular Hbond substituents is 2. The van der Waals surface area contributed by atoms with Crippen LogP contribution in [0.3, 0.4) is 0 Å². The van der Waals surface area contributed by atoms with E-state index in [1.165, 1.54) is 6.42 Å². The number of benzene rings is 1. The Labute approximate surface area is 109 Å². The van der Waals surface area contributed by atoms with E-state index in [2.05, 4.69) is 25.7 Å². The molecule has 0 amide bonds. The number of nitrogens with zero attached hydrogens (tertiary/aromatic N) is 1. The molecular formula is C15H23NO2. The maximum Gasteiger partial charge on any atom is 0.124 e. The molecule has 3 nitrogen and oxygen atoms in total. The molecule has 1 saturated heterocycles. The van der Waals surface area contributed by atoms with Crippen molar-refractivity contribution >= 4 is 0 Å². The summed E-state index contributed by atoms with van der Waals surface area (Å²) in [5, 5.41) is 19.8. The number of hydrogen-bond donors (Lipinski definition) is 2. The topological polar surface area (TPSA) is 43.7 Å². The zero-order valence-electron chi connectivity index (χ0n) is 11.4. The maximum atomic E-state index is 9.92. The van der Waals surface area contributed by atoms with E-state index in [1.54, 1.807) is 18.2 Å². The maximum absolute atomic E-state index is 9.92. The van der Waals surface area contributed by atoms with Crippen molar-refractivity contribution in [2.24, 2.45) is 11.8 Å². The first-order chi connectivity index (χ1) is 8.50. The van der Waals surface area contributed by atoms with Crippen LogP contribution in [0.25, 0.3) is 0 Å². The van der Waals surface area contributed by atoms with Crippen LogP contribution in [0.4, 0.5) is 0 Å². The van der Waals surface area contributed by atoms with Gasteiger partial charge in [0.2, 0.25) is 0 Å². The smallest absolute Gasteiger partial charge is 0.124 e. The van der Waals surface area contributed by atoms with Crippen LogP contribution >= 0.6 is 0 Å². The molecule has 0 bridgehead atoms. The molecule has 0 saturated carbocycles. The van der Waals surface area contributed by atoms with Crippen LogP contribution < -0.4 is 0 Å². The predicted octanol–water partition coefficient (Wildman–Crippen LogP) is 3.14. The quantitative estimate of drug-likeness (QED) is 0.846. The van der Waals surface area contributed by atoms with Crippen LogP contribution in [0.2, 0.25) is 0 Å². The summed E-state index contributed by atoms with van der Waals surface area (Å²) in [6.45, 7) is 8.67. The first-order valence-corrected chi connectivity index (χ1v) is 6.75. The van der Waals surface area contributed by atoms with Crippen LogP contribution in [-0.4, -0.2) is 28.2 Å². The van der Waals surface area contributed by atoms with E-state index in [0.29, 0.717) is 11.5 Å². The molecule has 18 heavy (non-hydrogen) atoms. The lowest BCUT2D eigenvalue weighted by Gasteiger charge is -2.39. The highest BCUT2D eigenvalue weighted by molar-refractivity contribution is 5.45. The summed E-state index contributed by atoms with van der Waals surface area (Å²) in [7, 11) is 0. The lowest BCUT2D eigenvalue weighted by Crippen LogP contribution is -2.39. The summed E-state index contributed by atoms with van der Waals surface area (Å²) in [5.74, 6) is 1.79. The highest BCUT2D eigenvalue weighted by Crippen LogP contribution is 2.37. The summed E-state index contributed by atoms with van der Waals surface area (Å²) < 4.78 is 0. The molecule has 1 heterocycles. The molecule has 1 aliphatic rings. The zero-order valence-corrected chi connectivity index (χ0v) is 11.4. The molecule has 100 valence electrons. The van der Waals surface area contributed by atoms with Gasteiger partial charge in [0.25, 0.3) is 0 Å². The Morgan fingerprint density at radius 1 is 1.17 bits per heavy atom. The van der Waals surface area contributed by atoms with E-state index in [1.807, 2.05) is 0 Å². The van der Waals surface area contributed by atoms with Gasteiger partial charge in [-0.3, -0.25) is 4.90 Å². The van der Waals surface area contributed by atoms with Crippen molar-refractivity contribution in [3.63, 3.8) is 0 Å². The molecule has 3 unspecified atom stereocenters. The molecule has 3 heteroatoms. The third-order valence-corrected chi connectivity index (χ3v) is 4.39. The summed E-state index contributed by atoms with van der Waals surface area (Å²) in [5.41, 5.74) is 0.652. The van der Waals surface area contributed by atoms with Crippen molar-refractivity contribution in [3.05, 3.63) is 23.8 Å². The molecule has 2 rings (SSSR count). The minimum Gasteiger partial charge on any atom is -0.507 e. The van der Waals surface area contributed by atoms with Gasteiger partial charge in [0, 0.05) is 12.6 Å². The first kappa shape index (κ1) is 13.2. The second kappa shape index (κ2) is 5.19. The molecule has 3 atom stereocenters. The van der Waals surface area contributed by atoms with Crippen LogP contribution in [0, 0.1) is 11.8 Å². The van der Waals surface area contributed by atoms with Gasteiger partial charge in [0.1, 0.15) is 11.5 Å². The number of rotatable bonds is 2. The van der Waals surface area contributed by atoms with Gasteiger partial charge < -0.3 is 10.2 Å². The third kappa shape index (κ3) is 2.46. The highest BCUT2D eigenvalue weighted by Gasteiger charge is 2.28. The zero-order chi connectivity index (χ0) is 13.3. The fourth-order valence-electron chi connectivity index (χ4n) is 2.80. The Morgan fingerprint density at radius 3 is 2.33 bits per heavy atom. The molecule has 0 radical (unpaired) electrons. The minimum absolute atomic E-state index is 0.0566. The van der Waals surface area contributed by atoms with Gasteiger partial charge in [-0.15, -0.1) is 0 Å². The highest BCUT2D eigenvalue weighted by atomic mass is 16.3. The fraction of sp³-hybridized carbons (Fsp3) is 0.600. The summed E-state index contributed by atoms with van der Waals surface area (Å²) in [4.78, 5) is 2.35. The number of phenols is 2. The molecule has 0 aromatic heterocycles. The lowest BCUT2D eigenvalue weighted by molar-refractivity contribution is 0.100. The standard InChI is InChI=1S/C15H23NO2/c1-10-7-8-16(9-11(10)2)12(3)15-13(17)5-4-6-14(15)18/h4-6,10-12,17-18H,7-9H2,1-3H3. The average molecular weight is 249 g/mol. The number of hydrogen-bond acceptors (Lipinski definition) is 3. The minimum atomic E-state index is 0.0566. The SMILES string of the molecule is CC1CCN(C(C)c2c(O)cccc2O)CC1C. The van der Waals surface area contributed by atoms with Crippen LogP contribution in [0.1, 0.15) is 38.8 Å². The van der Waals surface area contributed by atoms with E-state index in [4.69, 9.17) is 0 Å². The second-order valence-electron chi connectivity index (χ2n) is 5.62. The van der Waals surface area contributed by atoms with Crippen LogP contribution in [0.15, 0.2) is 18.2 Å². The largest absolute Gasteiger partial charge is 0.507 e. The third-order valence-electron chi connectivity index (χ3n) is 4.39. The second-order valence-corrected chi connectivity index (χ2v) is 5.62. The molecule has 1 aliphatic heterocycles. The molecular weight excluding hydrogens is 226 g/mol. The Balaban J connectivity index is 2.19. The number of aromatic hydroxyl groups is 2. The van der Waals surface area contributed by atoms with E-state index in [9.17, 15) is 10.2 Å². The lowest BCUT2D eigenvalue weighted by atomic mass is 9.87. The van der Waals surface area contributed by atoms with Gasteiger partial charge in [-0.25, -0.2) is 0 Å². The fourth-order valence-corrected chi connectivity index (χ4v) is 2.80. The summed E-state index contributed by atoms with van der Waals surface area (Å²) in [6.07, 6.45) is 1.18. The Bertz CT molecular complexity index is 399. The van der Waals surface area contributed by atoms with Crippen molar-refractivity contribution in [1.29, 1.82) is 0 Å². The van der Waals surface area contributed by atoms with Crippen molar-refractivity contribution in [3.8, 4) is 11.5 Å². The van der Waals surface area contributed by atoms with Crippen molar-refractivity contribution in [2.75, 3.05) is 13.1 Å².